The molecule has 2 nitrogen and oxygen atoms in total. The Bertz CT molecular complexity index is 359. The van der Waals surface area contributed by atoms with E-state index in [0.717, 1.165) is 30.5 Å². The van der Waals surface area contributed by atoms with E-state index in [1.807, 2.05) is 0 Å². The van der Waals surface area contributed by atoms with Gasteiger partial charge in [0.15, 0.2) is 0 Å². The van der Waals surface area contributed by atoms with Gasteiger partial charge >= 0.3 is 0 Å². The Morgan fingerprint density at radius 3 is 2.67 bits per heavy atom. The summed E-state index contributed by atoms with van der Waals surface area (Å²) >= 11 is 3.53. The number of nitrogens with one attached hydrogen (secondary N) is 1. The summed E-state index contributed by atoms with van der Waals surface area (Å²) in [7, 11) is 0. The average molecular weight is 313 g/mol. The largest absolute Gasteiger partial charge is 0.330 e. The molecule has 0 fully saturated rings. The van der Waals surface area contributed by atoms with Crippen molar-refractivity contribution in [3.63, 3.8) is 0 Å². The van der Waals surface area contributed by atoms with Crippen molar-refractivity contribution in [3.05, 3.63) is 34.3 Å². The highest BCUT2D eigenvalue weighted by atomic mass is 79.9. The molecule has 3 heteroatoms. The van der Waals surface area contributed by atoms with E-state index in [-0.39, 0.29) is 5.41 Å². The highest BCUT2D eigenvalue weighted by Gasteiger charge is 2.20. The molecular formula is C15H25BrN2. The minimum Gasteiger partial charge on any atom is -0.330 e. The van der Waals surface area contributed by atoms with Gasteiger partial charge in [0.1, 0.15) is 0 Å². The molecular weight excluding hydrogens is 288 g/mol. The summed E-state index contributed by atoms with van der Waals surface area (Å²) in [5.41, 5.74) is 7.21. The third-order valence-corrected chi connectivity index (χ3v) is 4.01. The van der Waals surface area contributed by atoms with Gasteiger partial charge in [0.25, 0.3) is 0 Å². The molecule has 1 atom stereocenters. The molecule has 0 bridgehead atoms. The van der Waals surface area contributed by atoms with E-state index < -0.39 is 0 Å². The van der Waals surface area contributed by atoms with Crippen LogP contribution in [0.4, 0.5) is 0 Å². The molecule has 18 heavy (non-hydrogen) atoms. The van der Waals surface area contributed by atoms with Crippen LogP contribution in [-0.4, -0.2) is 19.6 Å². The van der Waals surface area contributed by atoms with Crippen LogP contribution < -0.4 is 11.1 Å². The molecule has 0 aliphatic carbocycles. The Hall–Kier alpha value is -0.380. The second-order valence-electron chi connectivity index (χ2n) is 5.54. The number of hydrogen-bond acceptors (Lipinski definition) is 2. The molecule has 1 unspecified atom stereocenters. The van der Waals surface area contributed by atoms with Crippen molar-refractivity contribution >= 4 is 15.9 Å². The van der Waals surface area contributed by atoms with Gasteiger partial charge in [0, 0.05) is 16.4 Å². The number of rotatable bonds is 7. The van der Waals surface area contributed by atoms with Gasteiger partial charge in [-0.25, -0.2) is 0 Å². The number of nitrogens with two attached hydrogens (primary N) is 1. The summed E-state index contributed by atoms with van der Waals surface area (Å²) in [6.45, 7) is 9.47. The topological polar surface area (TPSA) is 38.0 Å². The second kappa shape index (κ2) is 7.27. The van der Waals surface area contributed by atoms with Crippen molar-refractivity contribution in [1.29, 1.82) is 0 Å². The molecule has 0 aliphatic heterocycles. The Kier molecular flexibility index (Phi) is 6.33. The first-order valence-electron chi connectivity index (χ1n) is 6.66. The maximum Gasteiger partial charge on any atom is 0.0178 e. The summed E-state index contributed by atoms with van der Waals surface area (Å²) in [5, 5.41) is 3.55. The molecule has 0 heterocycles. The molecule has 0 saturated heterocycles. The predicted molar refractivity (Wildman–Crippen MR) is 82.9 cm³/mol. The normalized spacial score (nSPS) is 13.6. The fourth-order valence-corrected chi connectivity index (χ4v) is 2.39. The summed E-state index contributed by atoms with van der Waals surface area (Å²) in [5.74, 6) is 0.586. The van der Waals surface area contributed by atoms with Crippen molar-refractivity contribution in [2.75, 3.05) is 19.6 Å². The maximum atomic E-state index is 5.72. The summed E-state index contributed by atoms with van der Waals surface area (Å²) in [4.78, 5) is 0. The molecule has 0 saturated carbocycles. The lowest BCUT2D eigenvalue weighted by molar-refractivity contribution is 0.414. The standard InChI is InChI=1S/C15H25BrN2/c1-4-12(9-17)10-18-11-15(2,3)13-6-5-7-14(16)8-13/h5-8,12,18H,4,9-11,17H2,1-3H3. The lowest BCUT2D eigenvalue weighted by Crippen LogP contribution is -2.37. The molecule has 102 valence electrons. The number of hydrogen-bond donors (Lipinski definition) is 2. The van der Waals surface area contributed by atoms with Gasteiger partial charge in [-0.1, -0.05) is 55.3 Å². The van der Waals surface area contributed by atoms with E-state index in [4.69, 9.17) is 5.73 Å². The van der Waals surface area contributed by atoms with E-state index in [2.05, 4.69) is 66.3 Å². The molecule has 0 amide bonds. The van der Waals surface area contributed by atoms with Crippen molar-refractivity contribution in [1.82, 2.24) is 5.32 Å². The first-order chi connectivity index (χ1) is 8.49. The average Bonchev–Trinajstić information content (AvgIpc) is 2.34. The Morgan fingerprint density at radius 2 is 2.11 bits per heavy atom. The number of benzene rings is 1. The third-order valence-electron chi connectivity index (χ3n) is 3.52. The maximum absolute atomic E-state index is 5.72. The molecule has 1 aromatic carbocycles. The minimum atomic E-state index is 0.136. The minimum absolute atomic E-state index is 0.136. The molecule has 0 radical (unpaired) electrons. The van der Waals surface area contributed by atoms with Crippen LogP contribution in [0.3, 0.4) is 0 Å². The van der Waals surface area contributed by atoms with Crippen LogP contribution in [-0.2, 0) is 5.41 Å². The van der Waals surface area contributed by atoms with Crippen LogP contribution in [0.25, 0.3) is 0 Å². The quantitative estimate of drug-likeness (QED) is 0.810. The van der Waals surface area contributed by atoms with Gasteiger partial charge in [-0.15, -0.1) is 0 Å². The first-order valence-corrected chi connectivity index (χ1v) is 7.45. The Morgan fingerprint density at radius 1 is 1.39 bits per heavy atom. The zero-order valence-electron chi connectivity index (χ0n) is 11.7. The van der Waals surface area contributed by atoms with Crippen LogP contribution in [0.2, 0.25) is 0 Å². The van der Waals surface area contributed by atoms with E-state index >= 15 is 0 Å². The highest BCUT2D eigenvalue weighted by molar-refractivity contribution is 9.10. The fourth-order valence-electron chi connectivity index (χ4n) is 1.99. The fraction of sp³-hybridized carbons (Fsp3) is 0.600. The van der Waals surface area contributed by atoms with Crippen LogP contribution in [0.15, 0.2) is 28.7 Å². The Labute approximate surface area is 119 Å². The monoisotopic (exact) mass is 312 g/mol. The summed E-state index contributed by atoms with van der Waals surface area (Å²) in [6.07, 6.45) is 1.14. The van der Waals surface area contributed by atoms with Gasteiger partial charge < -0.3 is 11.1 Å². The lowest BCUT2D eigenvalue weighted by Gasteiger charge is -2.27. The van der Waals surface area contributed by atoms with Crippen LogP contribution in [0.1, 0.15) is 32.8 Å². The molecule has 0 aliphatic rings. The van der Waals surface area contributed by atoms with Crippen LogP contribution in [0, 0.1) is 5.92 Å². The van der Waals surface area contributed by atoms with E-state index in [9.17, 15) is 0 Å². The van der Waals surface area contributed by atoms with Gasteiger partial charge in [-0.2, -0.15) is 0 Å². The smallest absolute Gasteiger partial charge is 0.0178 e. The van der Waals surface area contributed by atoms with Crippen molar-refractivity contribution < 1.29 is 0 Å². The van der Waals surface area contributed by atoms with Gasteiger partial charge in [0.05, 0.1) is 0 Å². The summed E-state index contributed by atoms with van der Waals surface area (Å²) < 4.78 is 1.14. The molecule has 3 N–H and O–H groups in total. The molecule has 0 spiro atoms. The van der Waals surface area contributed by atoms with Crippen LogP contribution >= 0.6 is 15.9 Å². The van der Waals surface area contributed by atoms with Crippen molar-refractivity contribution in [2.45, 2.75) is 32.6 Å². The molecule has 1 rings (SSSR count). The first kappa shape index (κ1) is 15.7. The van der Waals surface area contributed by atoms with Gasteiger partial charge in [-0.3, -0.25) is 0 Å². The summed E-state index contributed by atoms with van der Waals surface area (Å²) in [6, 6.07) is 8.54. The van der Waals surface area contributed by atoms with E-state index in [0.29, 0.717) is 5.92 Å². The van der Waals surface area contributed by atoms with Gasteiger partial charge in [-0.05, 0) is 36.7 Å². The second-order valence-corrected chi connectivity index (χ2v) is 6.45. The SMILES string of the molecule is CCC(CN)CNCC(C)(C)c1cccc(Br)c1. The van der Waals surface area contributed by atoms with Crippen molar-refractivity contribution in [2.24, 2.45) is 11.7 Å². The third kappa shape index (κ3) is 4.71. The number of halogens is 1. The van der Waals surface area contributed by atoms with E-state index in [1.165, 1.54) is 5.56 Å². The van der Waals surface area contributed by atoms with Gasteiger partial charge in [0.2, 0.25) is 0 Å². The predicted octanol–water partition coefficient (Wildman–Crippen LogP) is 3.30. The highest BCUT2D eigenvalue weighted by Crippen LogP contribution is 2.25. The zero-order valence-corrected chi connectivity index (χ0v) is 13.3. The molecule has 0 aromatic heterocycles. The lowest BCUT2D eigenvalue weighted by atomic mass is 9.84. The Balaban J connectivity index is 2.54. The zero-order chi connectivity index (χ0) is 13.6. The van der Waals surface area contributed by atoms with E-state index in [1.54, 1.807) is 0 Å². The molecule has 1 aromatic rings. The van der Waals surface area contributed by atoms with Crippen LogP contribution in [0.5, 0.6) is 0 Å². The van der Waals surface area contributed by atoms with Crippen molar-refractivity contribution in [3.8, 4) is 0 Å².